The molecule has 28 heavy (non-hydrogen) atoms. The van der Waals surface area contributed by atoms with Crippen LogP contribution in [0.5, 0.6) is 5.75 Å². The molecule has 0 saturated heterocycles. The van der Waals surface area contributed by atoms with E-state index in [0.29, 0.717) is 34.8 Å². The first kappa shape index (κ1) is 21.8. The molecule has 1 aromatic carbocycles. The summed E-state index contributed by atoms with van der Waals surface area (Å²) in [7, 11) is 0. The summed E-state index contributed by atoms with van der Waals surface area (Å²) in [6, 6.07) is 6.76. The smallest absolute Gasteiger partial charge is 0.253 e. The summed E-state index contributed by atoms with van der Waals surface area (Å²) in [5, 5.41) is 17.5. The van der Waals surface area contributed by atoms with E-state index in [9.17, 15) is 9.90 Å². The first-order valence-corrected chi connectivity index (χ1v) is 9.10. The predicted molar refractivity (Wildman–Crippen MR) is 119 cm³/mol. The van der Waals surface area contributed by atoms with Gasteiger partial charge in [-0.05, 0) is 37.1 Å². The highest BCUT2D eigenvalue weighted by molar-refractivity contribution is 7.59. The van der Waals surface area contributed by atoms with Crippen LogP contribution >= 0.6 is 25.1 Å². The van der Waals surface area contributed by atoms with Crippen molar-refractivity contribution < 1.29 is 5.11 Å². The molecule has 0 aliphatic carbocycles. The molecule has 0 unspecified atom stereocenters. The lowest BCUT2D eigenvalue weighted by molar-refractivity contribution is 0.471. The van der Waals surface area contributed by atoms with Crippen LogP contribution in [0.15, 0.2) is 35.3 Å². The molecule has 7 nitrogen and oxygen atoms in total. The second kappa shape index (κ2) is 9.16. The van der Waals surface area contributed by atoms with Gasteiger partial charge < -0.3 is 20.7 Å². The quantitative estimate of drug-likeness (QED) is 0.479. The van der Waals surface area contributed by atoms with Gasteiger partial charge in [-0.3, -0.25) is 4.79 Å². The Morgan fingerprint density at radius 2 is 2.00 bits per heavy atom. The first-order valence-electron chi connectivity index (χ1n) is 8.72. The molecular weight excluding hydrogens is 398 g/mol. The number of aromatic hydroxyl groups is 1. The maximum absolute atomic E-state index is 12.4. The van der Waals surface area contributed by atoms with Crippen LogP contribution in [0.1, 0.15) is 32.4 Å². The molecular formula is C19H24ClN5O2S. The van der Waals surface area contributed by atoms with Crippen LogP contribution in [0.4, 0.5) is 11.8 Å². The number of rotatable bonds is 6. The molecule has 2 aromatic heterocycles. The zero-order chi connectivity index (χ0) is 19.6. The zero-order valence-corrected chi connectivity index (χ0v) is 17.6. The van der Waals surface area contributed by atoms with E-state index in [-0.39, 0.29) is 30.8 Å². The second-order valence-electron chi connectivity index (χ2n) is 6.85. The Morgan fingerprint density at radius 3 is 2.71 bits per heavy atom. The third-order valence-electron chi connectivity index (χ3n) is 4.09. The van der Waals surface area contributed by atoms with E-state index < -0.39 is 0 Å². The van der Waals surface area contributed by atoms with Gasteiger partial charge >= 0.3 is 0 Å². The SMILES string of the molecule is CC(C)CNc1nc(N[C@@H](C)c2cc3cc(Cl)ccc3[nH]c2=O)ncc1O.S. The lowest BCUT2D eigenvalue weighted by Gasteiger charge is -2.16. The van der Waals surface area contributed by atoms with Gasteiger partial charge in [0.2, 0.25) is 5.95 Å². The summed E-state index contributed by atoms with van der Waals surface area (Å²) in [6.45, 7) is 6.64. The molecule has 150 valence electrons. The fourth-order valence-corrected chi connectivity index (χ4v) is 2.84. The number of halogens is 1. The molecule has 2 heterocycles. The van der Waals surface area contributed by atoms with Crippen LogP contribution in [0.3, 0.4) is 0 Å². The van der Waals surface area contributed by atoms with E-state index in [1.165, 1.54) is 6.20 Å². The van der Waals surface area contributed by atoms with Crippen molar-refractivity contribution in [3.63, 3.8) is 0 Å². The van der Waals surface area contributed by atoms with E-state index >= 15 is 0 Å². The van der Waals surface area contributed by atoms with Gasteiger partial charge in [-0.15, -0.1) is 0 Å². The highest BCUT2D eigenvalue weighted by Crippen LogP contribution is 2.24. The number of hydrogen-bond donors (Lipinski definition) is 4. The Morgan fingerprint density at radius 1 is 1.25 bits per heavy atom. The van der Waals surface area contributed by atoms with Gasteiger partial charge in [0.15, 0.2) is 11.6 Å². The first-order chi connectivity index (χ1) is 12.8. The van der Waals surface area contributed by atoms with Crippen LogP contribution in [0.25, 0.3) is 10.9 Å². The molecule has 0 aliphatic rings. The molecule has 3 rings (SSSR count). The van der Waals surface area contributed by atoms with Crippen molar-refractivity contribution in [1.29, 1.82) is 0 Å². The molecule has 0 amide bonds. The van der Waals surface area contributed by atoms with Crippen molar-refractivity contribution in [2.75, 3.05) is 17.2 Å². The standard InChI is InChI=1S/C19H22ClN5O2.H2S/c1-10(2)8-21-17-16(26)9-22-19(25-17)23-11(3)14-7-12-6-13(20)4-5-15(12)24-18(14)27;/h4-7,9-11,26H,8H2,1-3H3,(H,24,27)(H2,21,22,23,25);1H2/t11-;/m0./s1. The Kier molecular flexibility index (Phi) is 7.15. The van der Waals surface area contributed by atoms with Gasteiger partial charge in [0.1, 0.15) is 0 Å². The molecule has 9 heteroatoms. The summed E-state index contributed by atoms with van der Waals surface area (Å²) in [5.41, 5.74) is 1.07. The average molecular weight is 422 g/mol. The Hall–Kier alpha value is -2.45. The summed E-state index contributed by atoms with van der Waals surface area (Å²) >= 11 is 6.05. The summed E-state index contributed by atoms with van der Waals surface area (Å²) in [6.07, 6.45) is 1.33. The molecule has 0 fully saturated rings. The number of nitrogens with zero attached hydrogens (tertiary/aromatic N) is 2. The summed E-state index contributed by atoms with van der Waals surface area (Å²) in [4.78, 5) is 23.7. The van der Waals surface area contributed by atoms with Crippen molar-refractivity contribution in [1.82, 2.24) is 15.0 Å². The van der Waals surface area contributed by atoms with Crippen molar-refractivity contribution in [2.24, 2.45) is 5.92 Å². The van der Waals surface area contributed by atoms with Gasteiger partial charge in [-0.2, -0.15) is 18.5 Å². The summed E-state index contributed by atoms with van der Waals surface area (Å²) in [5.74, 6) is 1.05. The molecule has 0 aliphatic heterocycles. The fourth-order valence-electron chi connectivity index (χ4n) is 2.66. The second-order valence-corrected chi connectivity index (χ2v) is 7.29. The molecule has 3 aromatic rings. The van der Waals surface area contributed by atoms with Gasteiger partial charge in [0.05, 0.1) is 12.2 Å². The van der Waals surface area contributed by atoms with Crippen LogP contribution in [-0.4, -0.2) is 26.6 Å². The van der Waals surface area contributed by atoms with E-state index in [1.54, 1.807) is 24.3 Å². The summed E-state index contributed by atoms with van der Waals surface area (Å²) < 4.78 is 0. The number of aromatic amines is 1. The maximum Gasteiger partial charge on any atom is 0.253 e. The number of nitrogens with one attached hydrogen (secondary N) is 3. The Balaban J connectivity index is 0.00000280. The van der Waals surface area contributed by atoms with Crippen molar-refractivity contribution >= 4 is 47.8 Å². The maximum atomic E-state index is 12.4. The van der Waals surface area contributed by atoms with Crippen molar-refractivity contribution in [3.05, 3.63) is 51.4 Å². The van der Waals surface area contributed by atoms with E-state index in [4.69, 9.17) is 11.6 Å². The Labute approximate surface area is 175 Å². The van der Waals surface area contributed by atoms with Gasteiger partial charge in [0.25, 0.3) is 5.56 Å². The number of aromatic nitrogens is 3. The van der Waals surface area contributed by atoms with Crippen LogP contribution in [-0.2, 0) is 0 Å². The number of benzene rings is 1. The minimum Gasteiger partial charge on any atom is -0.503 e. The normalized spacial score (nSPS) is 11.9. The number of fused-ring (bicyclic) bond motifs is 1. The molecule has 0 spiro atoms. The largest absolute Gasteiger partial charge is 0.503 e. The Bertz CT molecular complexity index is 1020. The zero-order valence-electron chi connectivity index (χ0n) is 15.9. The minimum absolute atomic E-state index is 0. The van der Waals surface area contributed by atoms with Crippen molar-refractivity contribution in [2.45, 2.75) is 26.8 Å². The fraction of sp³-hybridized carbons (Fsp3) is 0.316. The van der Waals surface area contributed by atoms with E-state index in [2.05, 4.69) is 39.4 Å². The number of hydrogen-bond acceptors (Lipinski definition) is 6. The van der Waals surface area contributed by atoms with Gasteiger partial charge in [-0.25, -0.2) is 4.98 Å². The molecule has 1 atom stereocenters. The molecule has 4 N–H and O–H groups in total. The highest BCUT2D eigenvalue weighted by atomic mass is 35.5. The van der Waals surface area contributed by atoms with Gasteiger partial charge in [-0.1, -0.05) is 25.4 Å². The van der Waals surface area contributed by atoms with Crippen LogP contribution in [0.2, 0.25) is 5.02 Å². The number of pyridine rings is 1. The number of anilines is 2. The monoisotopic (exact) mass is 421 g/mol. The highest BCUT2D eigenvalue weighted by Gasteiger charge is 2.14. The lowest BCUT2D eigenvalue weighted by Crippen LogP contribution is -2.20. The van der Waals surface area contributed by atoms with Gasteiger partial charge in [0, 0.05) is 28.0 Å². The lowest BCUT2D eigenvalue weighted by atomic mass is 10.1. The topological polar surface area (TPSA) is 103 Å². The van der Waals surface area contributed by atoms with Crippen LogP contribution < -0.4 is 16.2 Å². The molecule has 0 bridgehead atoms. The third-order valence-corrected chi connectivity index (χ3v) is 4.33. The van der Waals surface area contributed by atoms with Crippen LogP contribution in [0, 0.1) is 5.92 Å². The average Bonchev–Trinajstić information content (AvgIpc) is 2.61. The molecule has 0 saturated carbocycles. The molecule has 0 radical (unpaired) electrons. The number of H-pyrrole nitrogens is 1. The van der Waals surface area contributed by atoms with Crippen molar-refractivity contribution in [3.8, 4) is 5.75 Å². The van der Waals surface area contributed by atoms with E-state index in [0.717, 1.165) is 10.9 Å². The minimum atomic E-state index is -0.348. The predicted octanol–water partition coefficient (Wildman–Crippen LogP) is 4.03. The van der Waals surface area contributed by atoms with E-state index in [1.807, 2.05) is 6.92 Å². The third kappa shape index (κ3) is 5.08.